The molecule has 0 spiro atoms. The smallest absolute Gasteiger partial charge is 0.344 e. The van der Waals surface area contributed by atoms with Gasteiger partial charge >= 0.3 is 5.97 Å². The molecule has 0 atom stereocenters. The summed E-state index contributed by atoms with van der Waals surface area (Å²) in [4.78, 5) is 36.8. The van der Waals surface area contributed by atoms with E-state index in [0.717, 1.165) is 4.90 Å². The van der Waals surface area contributed by atoms with Gasteiger partial charge in [0.15, 0.2) is 13.2 Å². The van der Waals surface area contributed by atoms with Gasteiger partial charge in [0, 0.05) is 12.1 Å². The lowest BCUT2D eigenvalue weighted by Crippen LogP contribution is -2.37. The van der Waals surface area contributed by atoms with Crippen LogP contribution in [0.25, 0.3) is 0 Å². The van der Waals surface area contributed by atoms with Crippen LogP contribution in [0.3, 0.4) is 0 Å². The zero-order valence-electron chi connectivity index (χ0n) is 15.0. The van der Waals surface area contributed by atoms with Crippen LogP contribution >= 0.6 is 23.2 Å². The average Bonchev–Trinajstić information content (AvgIpc) is 2.67. The highest BCUT2D eigenvalue weighted by Crippen LogP contribution is 2.20. The monoisotopic (exact) mass is 424 g/mol. The van der Waals surface area contributed by atoms with Gasteiger partial charge in [-0.3, -0.25) is 9.59 Å². The number of rotatable bonds is 8. The summed E-state index contributed by atoms with van der Waals surface area (Å²) < 4.78 is 10.1. The summed E-state index contributed by atoms with van der Waals surface area (Å²) in [5.41, 5.74) is 0.445. The Morgan fingerprint density at radius 2 is 1.68 bits per heavy atom. The molecule has 0 unspecified atom stereocenters. The highest BCUT2D eigenvalue weighted by Gasteiger charge is 2.16. The number of esters is 1. The highest BCUT2D eigenvalue weighted by molar-refractivity contribution is 6.33. The zero-order chi connectivity index (χ0) is 20.5. The Balaban J connectivity index is 1.71. The van der Waals surface area contributed by atoms with Crippen LogP contribution in [0.5, 0.6) is 5.75 Å². The molecule has 2 rings (SSSR count). The zero-order valence-corrected chi connectivity index (χ0v) is 16.5. The predicted molar refractivity (Wildman–Crippen MR) is 106 cm³/mol. The molecule has 28 heavy (non-hydrogen) atoms. The molecule has 0 fully saturated rings. The number of nitrogens with one attached hydrogen (secondary N) is 1. The fourth-order valence-corrected chi connectivity index (χ4v) is 2.33. The number of anilines is 1. The van der Waals surface area contributed by atoms with Crippen LogP contribution in [-0.2, 0) is 19.1 Å². The first-order chi connectivity index (χ1) is 13.3. The summed E-state index contributed by atoms with van der Waals surface area (Å²) in [5.74, 6) is -1.23. The van der Waals surface area contributed by atoms with Crippen LogP contribution in [0.2, 0.25) is 10.0 Å². The lowest BCUT2D eigenvalue weighted by molar-refractivity contribution is -0.153. The van der Waals surface area contributed by atoms with Gasteiger partial charge in [0.05, 0.1) is 17.3 Å². The predicted octanol–water partition coefficient (Wildman–Crippen LogP) is 3.01. The minimum absolute atomic E-state index is 0.219. The van der Waals surface area contributed by atoms with E-state index in [1.165, 1.54) is 7.05 Å². The minimum Gasteiger partial charge on any atom is -0.482 e. The molecule has 0 saturated carbocycles. The fourth-order valence-electron chi connectivity index (χ4n) is 2.02. The molecule has 0 radical (unpaired) electrons. The third-order valence-corrected chi connectivity index (χ3v) is 4.06. The Morgan fingerprint density at radius 1 is 1.00 bits per heavy atom. The SMILES string of the molecule is CN(CC(=O)Nc1ccccc1Cl)C(=O)COC(=O)COc1ccc(Cl)cc1. The average molecular weight is 425 g/mol. The molecule has 0 aromatic heterocycles. The summed E-state index contributed by atoms with van der Waals surface area (Å²) in [7, 11) is 1.42. The van der Waals surface area contributed by atoms with Crippen molar-refractivity contribution in [2.45, 2.75) is 0 Å². The Hall–Kier alpha value is -2.77. The number of amides is 2. The van der Waals surface area contributed by atoms with E-state index in [0.29, 0.717) is 21.5 Å². The number of halogens is 2. The van der Waals surface area contributed by atoms with Crippen LogP contribution in [0.15, 0.2) is 48.5 Å². The Bertz CT molecular complexity index is 842. The first-order valence-electron chi connectivity index (χ1n) is 8.17. The minimum atomic E-state index is -0.711. The topological polar surface area (TPSA) is 84.9 Å². The second kappa shape index (κ2) is 10.5. The van der Waals surface area contributed by atoms with E-state index in [1.54, 1.807) is 48.5 Å². The first-order valence-corrected chi connectivity index (χ1v) is 8.93. The van der Waals surface area contributed by atoms with E-state index in [-0.39, 0.29) is 13.2 Å². The van der Waals surface area contributed by atoms with Crippen molar-refractivity contribution in [3.63, 3.8) is 0 Å². The molecule has 0 aliphatic rings. The van der Waals surface area contributed by atoms with Gasteiger partial charge in [-0.1, -0.05) is 35.3 Å². The van der Waals surface area contributed by atoms with Gasteiger partial charge in [-0.2, -0.15) is 0 Å². The molecule has 7 nitrogen and oxygen atoms in total. The van der Waals surface area contributed by atoms with Gasteiger partial charge in [0.2, 0.25) is 5.91 Å². The van der Waals surface area contributed by atoms with E-state index < -0.39 is 24.4 Å². The van der Waals surface area contributed by atoms with Gasteiger partial charge in [-0.05, 0) is 36.4 Å². The standard InChI is InChI=1S/C19H18Cl2N2O5/c1-23(10-17(24)22-16-5-3-2-4-15(16)21)18(25)11-28-19(26)12-27-14-8-6-13(20)7-9-14/h2-9H,10-12H2,1H3,(H,22,24). The Kier molecular flexibility index (Phi) is 8.10. The Labute approximate surface area is 172 Å². The number of para-hydroxylation sites is 1. The van der Waals surface area contributed by atoms with E-state index in [4.69, 9.17) is 32.7 Å². The molecule has 0 aliphatic carbocycles. The maximum Gasteiger partial charge on any atom is 0.344 e. The van der Waals surface area contributed by atoms with Crippen molar-refractivity contribution in [3.05, 3.63) is 58.6 Å². The summed E-state index contributed by atoms with van der Waals surface area (Å²) in [6.07, 6.45) is 0. The van der Waals surface area contributed by atoms with Crippen molar-refractivity contribution in [2.75, 3.05) is 32.1 Å². The van der Waals surface area contributed by atoms with Crippen molar-refractivity contribution in [1.82, 2.24) is 4.90 Å². The highest BCUT2D eigenvalue weighted by atomic mass is 35.5. The molecule has 2 aromatic carbocycles. The molecule has 148 valence electrons. The van der Waals surface area contributed by atoms with Gasteiger partial charge in [0.1, 0.15) is 5.75 Å². The molecule has 2 aromatic rings. The third-order valence-electron chi connectivity index (χ3n) is 3.48. The molecule has 0 saturated heterocycles. The number of benzene rings is 2. The van der Waals surface area contributed by atoms with Crippen LogP contribution in [0, 0.1) is 0 Å². The molecule has 0 aliphatic heterocycles. The summed E-state index contributed by atoms with van der Waals surface area (Å²) in [6, 6.07) is 13.2. The second-order valence-corrected chi connectivity index (χ2v) is 6.52. The lowest BCUT2D eigenvalue weighted by atomic mass is 10.3. The van der Waals surface area contributed by atoms with Crippen LogP contribution in [-0.4, -0.2) is 49.5 Å². The maximum absolute atomic E-state index is 12.0. The van der Waals surface area contributed by atoms with Crippen molar-refractivity contribution in [1.29, 1.82) is 0 Å². The van der Waals surface area contributed by atoms with E-state index in [9.17, 15) is 14.4 Å². The van der Waals surface area contributed by atoms with Gasteiger partial charge in [0.25, 0.3) is 5.91 Å². The quantitative estimate of drug-likeness (QED) is 0.658. The number of nitrogens with zero attached hydrogens (tertiary/aromatic N) is 1. The van der Waals surface area contributed by atoms with Crippen LogP contribution in [0.4, 0.5) is 5.69 Å². The fraction of sp³-hybridized carbons (Fsp3) is 0.211. The summed E-state index contributed by atoms with van der Waals surface area (Å²) in [6.45, 7) is -1.08. The van der Waals surface area contributed by atoms with Gasteiger partial charge in [-0.25, -0.2) is 4.79 Å². The summed E-state index contributed by atoms with van der Waals surface area (Å²) in [5, 5.41) is 3.53. The van der Waals surface area contributed by atoms with E-state index in [1.807, 2.05) is 0 Å². The van der Waals surface area contributed by atoms with Crippen molar-refractivity contribution in [3.8, 4) is 5.75 Å². The van der Waals surface area contributed by atoms with Gasteiger partial charge < -0.3 is 19.7 Å². The molecule has 0 heterocycles. The number of likely N-dealkylation sites (N-methyl/N-ethyl adjacent to an activating group) is 1. The molecule has 1 N–H and O–H groups in total. The maximum atomic E-state index is 12.0. The number of ether oxygens (including phenoxy) is 2. The molecular formula is C19H18Cl2N2O5. The van der Waals surface area contributed by atoms with Crippen molar-refractivity contribution < 1.29 is 23.9 Å². The van der Waals surface area contributed by atoms with E-state index >= 15 is 0 Å². The molecule has 9 heteroatoms. The lowest BCUT2D eigenvalue weighted by Gasteiger charge is -2.17. The number of carbonyl (C=O) groups is 3. The van der Waals surface area contributed by atoms with E-state index in [2.05, 4.69) is 5.32 Å². The second-order valence-electron chi connectivity index (χ2n) is 5.68. The third kappa shape index (κ3) is 7.09. The Morgan fingerprint density at radius 3 is 2.36 bits per heavy atom. The van der Waals surface area contributed by atoms with Crippen molar-refractivity contribution >= 4 is 46.7 Å². The summed E-state index contributed by atoms with van der Waals surface area (Å²) >= 11 is 11.7. The molecular weight excluding hydrogens is 407 g/mol. The van der Waals surface area contributed by atoms with Crippen LogP contribution < -0.4 is 10.1 Å². The number of hydrogen-bond acceptors (Lipinski definition) is 5. The first kappa shape index (κ1) is 21.5. The number of hydrogen-bond donors (Lipinski definition) is 1. The number of carbonyl (C=O) groups excluding carboxylic acids is 3. The largest absolute Gasteiger partial charge is 0.482 e. The molecule has 0 bridgehead atoms. The van der Waals surface area contributed by atoms with Crippen LogP contribution in [0.1, 0.15) is 0 Å². The molecule has 2 amide bonds. The van der Waals surface area contributed by atoms with Gasteiger partial charge in [-0.15, -0.1) is 0 Å². The normalized spacial score (nSPS) is 10.1. The van der Waals surface area contributed by atoms with Crippen molar-refractivity contribution in [2.24, 2.45) is 0 Å².